The number of hydrogen-bond donors (Lipinski definition) is 0. The fourth-order valence-corrected chi connectivity index (χ4v) is 11.3. The summed E-state index contributed by atoms with van der Waals surface area (Å²) in [5.41, 5.74) is 13.3. The summed E-state index contributed by atoms with van der Waals surface area (Å²) in [6.07, 6.45) is 0. The van der Waals surface area contributed by atoms with E-state index >= 15 is 0 Å². The molecule has 4 nitrogen and oxygen atoms in total. The van der Waals surface area contributed by atoms with E-state index in [0.717, 1.165) is 27.5 Å². The minimum absolute atomic E-state index is 0.148. The number of para-hydroxylation sites is 1. The van der Waals surface area contributed by atoms with Crippen LogP contribution in [0.15, 0.2) is 133 Å². The van der Waals surface area contributed by atoms with E-state index in [-0.39, 0.29) is 19.9 Å². The summed E-state index contributed by atoms with van der Waals surface area (Å²) in [5.74, 6) is 0. The van der Waals surface area contributed by atoms with Gasteiger partial charge in [-0.15, -0.1) is 0 Å². The molecule has 1 aliphatic carbocycles. The van der Waals surface area contributed by atoms with Crippen LogP contribution < -0.4 is 0 Å². The Hall–Kier alpha value is -6.36. The van der Waals surface area contributed by atoms with Gasteiger partial charge >= 0.3 is 307 Å². The summed E-state index contributed by atoms with van der Waals surface area (Å²) in [7, 11) is 0. The van der Waals surface area contributed by atoms with Crippen LogP contribution in [0, 0.1) is 17.9 Å². The topological polar surface area (TPSA) is 38.0 Å². The SMILES string of the molecule is [C-]#[N+]c1ccc2c(c1)c1cc(C#N)ccc1n2-c1ccc2[se]c3ccc(-n4c5ccccc5c5ccc6c(c54)C(C)(C)c4ccccc4-6)cc3c2c1. The van der Waals surface area contributed by atoms with Gasteiger partial charge in [0.2, 0.25) is 0 Å². The molecule has 52 heavy (non-hydrogen) atoms. The third-order valence-corrected chi connectivity index (χ3v) is 13.7. The molecule has 0 fully saturated rings. The molecule has 242 valence electrons. The molecule has 0 aliphatic heterocycles. The molecule has 0 saturated heterocycles. The van der Waals surface area contributed by atoms with Crippen LogP contribution in [-0.2, 0) is 5.41 Å². The second kappa shape index (κ2) is 10.3. The molecular weight excluding hydrogens is 700 g/mol. The predicted molar refractivity (Wildman–Crippen MR) is 216 cm³/mol. The Bertz CT molecular complexity index is 3230. The summed E-state index contributed by atoms with van der Waals surface area (Å²) in [6.45, 7) is 12.4. The van der Waals surface area contributed by atoms with Gasteiger partial charge in [-0.05, 0) is 0 Å². The van der Waals surface area contributed by atoms with Crippen molar-refractivity contribution >= 4 is 83.1 Å². The first-order chi connectivity index (χ1) is 25.4. The Morgan fingerprint density at radius 2 is 1.27 bits per heavy atom. The number of aromatic nitrogens is 2. The molecule has 11 rings (SSSR count). The molecule has 0 atom stereocenters. The van der Waals surface area contributed by atoms with Gasteiger partial charge in [-0.3, -0.25) is 0 Å². The number of rotatable bonds is 2. The van der Waals surface area contributed by atoms with Crippen LogP contribution in [0.25, 0.3) is 90.3 Å². The second-order valence-electron chi connectivity index (χ2n) is 14.4. The molecule has 10 aromatic rings. The van der Waals surface area contributed by atoms with Crippen molar-refractivity contribution in [3.8, 4) is 28.6 Å². The zero-order chi connectivity index (χ0) is 34.9. The van der Waals surface area contributed by atoms with Crippen molar-refractivity contribution in [1.29, 1.82) is 5.26 Å². The van der Waals surface area contributed by atoms with Gasteiger partial charge in [0.15, 0.2) is 0 Å². The fourth-order valence-electron chi connectivity index (χ4n) is 9.04. The van der Waals surface area contributed by atoms with E-state index in [1.54, 1.807) is 0 Å². The average molecular weight is 728 g/mol. The van der Waals surface area contributed by atoms with Crippen molar-refractivity contribution in [3.05, 3.63) is 162 Å². The molecule has 0 saturated carbocycles. The van der Waals surface area contributed by atoms with Gasteiger partial charge in [0.25, 0.3) is 0 Å². The Kier molecular flexibility index (Phi) is 5.85. The molecule has 0 spiro atoms. The average Bonchev–Trinajstić information content (AvgIpc) is 3.89. The number of fused-ring (bicyclic) bond motifs is 13. The first-order valence-electron chi connectivity index (χ1n) is 17.4. The molecule has 7 aromatic carbocycles. The van der Waals surface area contributed by atoms with Crippen LogP contribution in [0.4, 0.5) is 5.69 Å². The molecule has 0 bridgehead atoms. The van der Waals surface area contributed by atoms with E-state index in [2.05, 4.69) is 131 Å². The van der Waals surface area contributed by atoms with E-state index in [1.807, 2.05) is 36.4 Å². The van der Waals surface area contributed by atoms with Crippen LogP contribution in [-0.4, -0.2) is 23.6 Å². The molecule has 3 heterocycles. The summed E-state index contributed by atoms with van der Waals surface area (Å²) in [5, 5.41) is 16.8. The number of nitrogens with zero attached hydrogens (tertiary/aromatic N) is 4. The van der Waals surface area contributed by atoms with Gasteiger partial charge in [-0.2, -0.15) is 0 Å². The monoisotopic (exact) mass is 728 g/mol. The van der Waals surface area contributed by atoms with Crippen molar-refractivity contribution in [2.24, 2.45) is 0 Å². The molecule has 5 heteroatoms. The molecule has 0 radical (unpaired) electrons. The number of nitriles is 1. The van der Waals surface area contributed by atoms with Crippen molar-refractivity contribution in [1.82, 2.24) is 9.13 Å². The molecule has 0 N–H and O–H groups in total. The summed E-state index contributed by atoms with van der Waals surface area (Å²) in [4.78, 5) is 3.70. The predicted octanol–water partition coefficient (Wildman–Crippen LogP) is 12.0. The van der Waals surface area contributed by atoms with Gasteiger partial charge in [-0.1, -0.05) is 0 Å². The standard InChI is InChI=1S/C47H28N4Se/c1-47(2)39-10-6-4-8-31(39)33-16-17-34-32-9-5-7-11-40(32)51(46(34)45(33)47)30-15-21-44-38(25-30)37-24-29(14-20-43(37)52-44)50-41-18-12-27(26-48)22-35(41)36-23-28(49-3)13-19-42(36)50/h4-25H,1-2H3. The summed E-state index contributed by atoms with van der Waals surface area (Å²) < 4.78 is 7.57. The maximum atomic E-state index is 9.71. The van der Waals surface area contributed by atoms with Crippen molar-refractivity contribution in [3.63, 3.8) is 0 Å². The first-order valence-corrected chi connectivity index (χ1v) is 19.2. The second-order valence-corrected chi connectivity index (χ2v) is 16.6. The Balaban J connectivity index is 1.18. The van der Waals surface area contributed by atoms with Crippen molar-refractivity contribution in [2.45, 2.75) is 19.3 Å². The van der Waals surface area contributed by atoms with Crippen molar-refractivity contribution < 1.29 is 0 Å². The first kappa shape index (κ1) is 29.4. The van der Waals surface area contributed by atoms with Gasteiger partial charge in [0, 0.05) is 0 Å². The van der Waals surface area contributed by atoms with Crippen LogP contribution in [0.1, 0.15) is 30.5 Å². The van der Waals surface area contributed by atoms with E-state index in [1.165, 1.54) is 69.0 Å². The maximum absolute atomic E-state index is 9.71. The Labute approximate surface area is 305 Å². The summed E-state index contributed by atoms with van der Waals surface area (Å²) >= 11 is 0.195. The number of hydrogen-bond acceptors (Lipinski definition) is 1. The molecule has 0 amide bonds. The van der Waals surface area contributed by atoms with Crippen molar-refractivity contribution in [2.75, 3.05) is 0 Å². The van der Waals surface area contributed by atoms with Crippen LogP contribution in [0.5, 0.6) is 0 Å². The third-order valence-electron chi connectivity index (χ3n) is 11.3. The molecular formula is C47H28N4Se. The van der Waals surface area contributed by atoms with E-state index in [9.17, 15) is 5.26 Å². The Morgan fingerprint density at radius 3 is 2.04 bits per heavy atom. The minimum atomic E-state index is -0.148. The van der Waals surface area contributed by atoms with E-state index in [0.29, 0.717) is 11.3 Å². The molecule has 1 aliphatic rings. The van der Waals surface area contributed by atoms with E-state index < -0.39 is 0 Å². The molecule has 0 unspecified atom stereocenters. The van der Waals surface area contributed by atoms with Crippen LogP contribution in [0.3, 0.4) is 0 Å². The van der Waals surface area contributed by atoms with Crippen LogP contribution in [0.2, 0.25) is 0 Å². The van der Waals surface area contributed by atoms with Crippen LogP contribution >= 0.6 is 0 Å². The van der Waals surface area contributed by atoms with Gasteiger partial charge in [0.05, 0.1) is 0 Å². The van der Waals surface area contributed by atoms with Gasteiger partial charge in [0.1, 0.15) is 0 Å². The zero-order valence-electron chi connectivity index (χ0n) is 28.4. The molecule has 3 aromatic heterocycles. The normalized spacial score (nSPS) is 13.3. The Morgan fingerprint density at radius 1 is 0.596 bits per heavy atom. The van der Waals surface area contributed by atoms with Gasteiger partial charge in [-0.25, -0.2) is 0 Å². The zero-order valence-corrected chi connectivity index (χ0v) is 30.1. The quantitative estimate of drug-likeness (QED) is 0.129. The fraction of sp³-hybridized carbons (Fsp3) is 0.0638. The third kappa shape index (κ3) is 3.79. The van der Waals surface area contributed by atoms with Gasteiger partial charge < -0.3 is 0 Å². The number of benzene rings is 7. The summed E-state index contributed by atoms with van der Waals surface area (Å²) in [6, 6.07) is 50.4. The van der Waals surface area contributed by atoms with E-state index in [4.69, 9.17) is 6.57 Å².